The summed E-state index contributed by atoms with van der Waals surface area (Å²) in [6, 6.07) is 4.52. The molecular weight excluding hydrogens is 271 g/mol. The average Bonchev–Trinajstić information content (AvgIpc) is 2.12. The highest BCUT2D eigenvalue weighted by Crippen LogP contribution is 2.22. The number of hydrogen-bond acceptors (Lipinski definition) is 0. The van der Waals surface area contributed by atoms with E-state index in [2.05, 4.69) is 55.5 Å². The molecule has 0 unspecified atom stereocenters. The molecule has 1 aromatic carbocycles. The van der Waals surface area contributed by atoms with E-state index in [9.17, 15) is 0 Å². The van der Waals surface area contributed by atoms with E-state index < -0.39 is 0 Å². The molecule has 0 aromatic heterocycles. The van der Waals surface area contributed by atoms with Crippen molar-refractivity contribution >= 4 is 22.6 Å². The molecular formula is C12H17I. The van der Waals surface area contributed by atoms with E-state index in [0.717, 1.165) is 6.42 Å². The highest BCUT2D eigenvalue weighted by atomic mass is 127. The number of hydrogen-bond donors (Lipinski definition) is 0. The van der Waals surface area contributed by atoms with Gasteiger partial charge in [-0.15, -0.1) is 0 Å². The second-order valence-corrected chi connectivity index (χ2v) is 4.52. The van der Waals surface area contributed by atoms with E-state index in [-0.39, 0.29) is 0 Å². The second-order valence-electron chi connectivity index (χ2n) is 3.44. The lowest BCUT2D eigenvalue weighted by atomic mass is 10.0. The second kappa shape index (κ2) is 4.99. The molecule has 1 aromatic rings. The molecule has 0 heterocycles. The zero-order chi connectivity index (χ0) is 9.84. The summed E-state index contributed by atoms with van der Waals surface area (Å²) in [7, 11) is 0. The molecule has 0 aliphatic heterocycles. The minimum atomic E-state index is 1.15. The van der Waals surface area contributed by atoms with Crippen LogP contribution in [0.1, 0.15) is 37.0 Å². The predicted octanol–water partition coefficient (Wildman–Crippen LogP) is 4.11. The van der Waals surface area contributed by atoms with Gasteiger partial charge in [-0.2, -0.15) is 0 Å². The third-order valence-electron chi connectivity index (χ3n) is 2.44. The van der Waals surface area contributed by atoms with Crippen molar-refractivity contribution in [3.05, 3.63) is 32.4 Å². The minimum absolute atomic E-state index is 1.15. The Balaban J connectivity index is 3.13. The van der Waals surface area contributed by atoms with Gasteiger partial charge in [-0.25, -0.2) is 0 Å². The highest BCUT2D eigenvalue weighted by Gasteiger charge is 2.06. The normalized spacial score (nSPS) is 10.5. The summed E-state index contributed by atoms with van der Waals surface area (Å²) < 4.78 is 1.49. The van der Waals surface area contributed by atoms with Gasteiger partial charge < -0.3 is 0 Å². The first-order chi connectivity index (χ1) is 6.20. The van der Waals surface area contributed by atoms with E-state index in [1.165, 1.54) is 27.5 Å². The molecule has 0 nitrogen and oxygen atoms in total. The molecule has 0 saturated carbocycles. The molecule has 0 fully saturated rings. The van der Waals surface area contributed by atoms with Gasteiger partial charge in [0, 0.05) is 3.57 Å². The van der Waals surface area contributed by atoms with Gasteiger partial charge in [-0.05, 0) is 59.0 Å². The van der Waals surface area contributed by atoms with Crippen molar-refractivity contribution in [2.45, 2.75) is 40.0 Å². The Morgan fingerprint density at radius 2 is 1.92 bits per heavy atom. The van der Waals surface area contributed by atoms with Gasteiger partial charge in [0.25, 0.3) is 0 Å². The number of benzene rings is 1. The van der Waals surface area contributed by atoms with Crippen LogP contribution in [0.15, 0.2) is 12.1 Å². The van der Waals surface area contributed by atoms with E-state index in [1.807, 2.05) is 0 Å². The van der Waals surface area contributed by atoms with Crippen LogP contribution in [0.25, 0.3) is 0 Å². The lowest BCUT2D eigenvalue weighted by Gasteiger charge is -2.11. The lowest BCUT2D eigenvalue weighted by molar-refractivity contribution is 0.900. The van der Waals surface area contributed by atoms with Crippen molar-refractivity contribution in [1.29, 1.82) is 0 Å². The molecule has 72 valence electrons. The van der Waals surface area contributed by atoms with Crippen LogP contribution in [0.4, 0.5) is 0 Å². The van der Waals surface area contributed by atoms with Gasteiger partial charge in [0.2, 0.25) is 0 Å². The van der Waals surface area contributed by atoms with Crippen molar-refractivity contribution in [2.24, 2.45) is 0 Å². The molecule has 0 aliphatic rings. The van der Waals surface area contributed by atoms with Gasteiger partial charge in [-0.3, -0.25) is 0 Å². The van der Waals surface area contributed by atoms with Crippen LogP contribution in [0.2, 0.25) is 0 Å². The summed E-state index contributed by atoms with van der Waals surface area (Å²) in [5, 5.41) is 0. The molecule has 0 N–H and O–H groups in total. The van der Waals surface area contributed by atoms with Crippen molar-refractivity contribution in [1.82, 2.24) is 0 Å². The Morgan fingerprint density at radius 1 is 1.23 bits per heavy atom. The largest absolute Gasteiger partial charge is 0.0651 e. The SMILES string of the molecule is CCCc1c(C)ccc(CC)c1I. The summed E-state index contributed by atoms with van der Waals surface area (Å²) >= 11 is 2.49. The van der Waals surface area contributed by atoms with Gasteiger partial charge in [-0.1, -0.05) is 32.4 Å². The predicted molar refractivity (Wildman–Crippen MR) is 67.3 cm³/mol. The molecule has 0 atom stereocenters. The maximum atomic E-state index is 2.49. The molecule has 0 saturated heterocycles. The smallest absolute Gasteiger partial charge is 0.0196 e. The fraction of sp³-hybridized carbons (Fsp3) is 0.500. The topological polar surface area (TPSA) is 0 Å². The van der Waals surface area contributed by atoms with E-state index >= 15 is 0 Å². The van der Waals surface area contributed by atoms with Crippen LogP contribution in [-0.4, -0.2) is 0 Å². The monoisotopic (exact) mass is 288 g/mol. The maximum Gasteiger partial charge on any atom is 0.0196 e. The van der Waals surface area contributed by atoms with E-state index in [0.29, 0.717) is 0 Å². The first-order valence-corrected chi connectivity index (χ1v) is 6.05. The Kier molecular flexibility index (Phi) is 4.23. The fourth-order valence-corrected chi connectivity index (χ4v) is 2.85. The Hall–Kier alpha value is -0.0500. The molecule has 1 rings (SSSR count). The van der Waals surface area contributed by atoms with Crippen molar-refractivity contribution in [3.63, 3.8) is 0 Å². The summed E-state index contributed by atoms with van der Waals surface area (Å²) in [6.07, 6.45) is 3.61. The van der Waals surface area contributed by atoms with Crippen LogP contribution >= 0.6 is 22.6 Å². The lowest BCUT2D eigenvalue weighted by Crippen LogP contribution is -1.97. The van der Waals surface area contributed by atoms with Gasteiger partial charge in [0.1, 0.15) is 0 Å². The van der Waals surface area contributed by atoms with E-state index in [1.54, 1.807) is 5.56 Å². The van der Waals surface area contributed by atoms with Gasteiger partial charge in [0.05, 0.1) is 0 Å². The Morgan fingerprint density at radius 3 is 2.46 bits per heavy atom. The molecule has 0 amide bonds. The van der Waals surface area contributed by atoms with Crippen molar-refractivity contribution < 1.29 is 0 Å². The zero-order valence-corrected chi connectivity index (χ0v) is 10.8. The van der Waals surface area contributed by atoms with Crippen molar-refractivity contribution in [2.75, 3.05) is 0 Å². The number of aryl methyl sites for hydroxylation is 2. The molecule has 0 bridgehead atoms. The molecule has 0 aliphatic carbocycles. The third-order valence-corrected chi connectivity index (χ3v) is 3.78. The van der Waals surface area contributed by atoms with Crippen LogP contribution in [-0.2, 0) is 12.8 Å². The zero-order valence-electron chi connectivity index (χ0n) is 8.65. The standard InChI is InChI=1S/C12H17I/c1-4-6-11-9(3)7-8-10(5-2)12(11)13/h7-8H,4-6H2,1-3H3. The average molecular weight is 288 g/mol. The van der Waals surface area contributed by atoms with Gasteiger partial charge >= 0.3 is 0 Å². The first kappa shape index (κ1) is 11.0. The number of halogens is 1. The Labute approximate surface area is 94.9 Å². The minimum Gasteiger partial charge on any atom is -0.0651 e. The highest BCUT2D eigenvalue weighted by molar-refractivity contribution is 14.1. The van der Waals surface area contributed by atoms with Crippen LogP contribution in [0.3, 0.4) is 0 Å². The van der Waals surface area contributed by atoms with Crippen molar-refractivity contribution in [3.8, 4) is 0 Å². The fourth-order valence-electron chi connectivity index (χ4n) is 1.60. The molecule has 0 spiro atoms. The quantitative estimate of drug-likeness (QED) is 0.734. The molecule has 0 radical (unpaired) electrons. The third kappa shape index (κ3) is 2.46. The van der Waals surface area contributed by atoms with Crippen LogP contribution in [0, 0.1) is 10.5 Å². The van der Waals surface area contributed by atoms with Gasteiger partial charge in [0.15, 0.2) is 0 Å². The molecule has 13 heavy (non-hydrogen) atoms. The number of rotatable bonds is 3. The summed E-state index contributed by atoms with van der Waals surface area (Å²) in [5.41, 5.74) is 4.50. The van der Waals surface area contributed by atoms with Crippen LogP contribution in [0.5, 0.6) is 0 Å². The van der Waals surface area contributed by atoms with Crippen LogP contribution < -0.4 is 0 Å². The summed E-state index contributed by atoms with van der Waals surface area (Å²) in [4.78, 5) is 0. The Bertz CT molecular complexity index is 289. The van der Waals surface area contributed by atoms with E-state index in [4.69, 9.17) is 0 Å². The molecule has 1 heteroatoms. The summed E-state index contributed by atoms with van der Waals surface area (Å²) in [5.74, 6) is 0. The maximum absolute atomic E-state index is 2.49. The summed E-state index contributed by atoms with van der Waals surface area (Å²) in [6.45, 7) is 6.68. The first-order valence-electron chi connectivity index (χ1n) is 4.97.